The lowest BCUT2D eigenvalue weighted by molar-refractivity contribution is -0.121. The fraction of sp³-hybridized carbons (Fsp3) is 0.200. The second-order valence-corrected chi connectivity index (χ2v) is 9.38. The summed E-state index contributed by atoms with van der Waals surface area (Å²) in [5.41, 5.74) is 5.25. The molecule has 0 aliphatic heterocycles. The molecule has 7 heteroatoms. The summed E-state index contributed by atoms with van der Waals surface area (Å²) < 4.78 is 27.5. The van der Waals surface area contributed by atoms with E-state index in [4.69, 9.17) is 0 Å². The average molecular weight is 450 g/mol. The molecule has 0 spiro atoms. The molecule has 0 unspecified atom stereocenters. The average Bonchev–Trinajstić information content (AvgIpc) is 2.83. The third-order valence-electron chi connectivity index (χ3n) is 4.89. The summed E-state index contributed by atoms with van der Waals surface area (Å²) >= 11 is 0. The van der Waals surface area contributed by atoms with Gasteiger partial charge in [0.05, 0.1) is 11.4 Å². The topological polar surface area (TPSA) is 78.8 Å². The van der Waals surface area contributed by atoms with Crippen molar-refractivity contribution in [2.45, 2.75) is 31.2 Å². The summed E-state index contributed by atoms with van der Waals surface area (Å²) in [4.78, 5) is 12.7. The van der Waals surface area contributed by atoms with E-state index < -0.39 is 15.9 Å². The van der Waals surface area contributed by atoms with E-state index in [9.17, 15) is 13.2 Å². The standard InChI is InChI=1S/C25H27N3O3S/c1-21(17-18-22-11-5-2-6-12-22)26-27-25(29)20-28(19-23-13-7-3-8-14-23)32(30,31)24-15-9-4-10-16-24/h2-16H,17-20H2,1H3,(H,27,29)/b26-21-. The van der Waals surface area contributed by atoms with Crippen molar-refractivity contribution in [3.8, 4) is 0 Å². The van der Waals surface area contributed by atoms with Crippen molar-refractivity contribution in [3.63, 3.8) is 0 Å². The highest BCUT2D eigenvalue weighted by Gasteiger charge is 2.26. The van der Waals surface area contributed by atoms with Crippen LogP contribution >= 0.6 is 0 Å². The molecule has 0 heterocycles. The van der Waals surface area contributed by atoms with Gasteiger partial charge >= 0.3 is 0 Å². The van der Waals surface area contributed by atoms with E-state index in [-0.39, 0.29) is 18.0 Å². The van der Waals surface area contributed by atoms with E-state index in [1.165, 1.54) is 22.0 Å². The highest BCUT2D eigenvalue weighted by molar-refractivity contribution is 7.89. The zero-order valence-corrected chi connectivity index (χ0v) is 18.8. The van der Waals surface area contributed by atoms with Crippen LogP contribution in [-0.4, -0.2) is 30.9 Å². The van der Waals surface area contributed by atoms with E-state index in [1.54, 1.807) is 18.2 Å². The Morgan fingerprint density at radius 1 is 0.844 bits per heavy atom. The predicted molar refractivity (Wildman–Crippen MR) is 126 cm³/mol. The molecule has 0 saturated heterocycles. The van der Waals surface area contributed by atoms with Gasteiger partial charge in [-0.2, -0.15) is 9.41 Å². The molecular weight excluding hydrogens is 422 g/mol. The third kappa shape index (κ3) is 6.87. The van der Waals surface area contributed by atoms with Crippen molar-refractivity contribution >= 4 is 21.6 Å². The van der Waals surface area contributed by atoms with Crippen LogP contribution in [0.5, 0.6) is 0 Å². The smallest absolute Gasteiger partial charge is 0.255 e. The molecule has 0 aliphatic rings. The monoisotopic (exact) mass is 449 g/mol. The summed E-state index contributed by atoms with van der Waals surface area (Å²) in [6, 6.07) is 27.3. The molecule has 32 heavy (non-hydrogen) atoms. The number of nitrogens with one attached hydrogen (secondary N) is 1. The Kier molecular flexibility index (Phi) is 8.30. The Balaban J connectivity index is 1.67. The summed E-state index contributed by atoms with van der Waals surface area (Å²) in [5.74, 6) is -0.487. The number of sulfonamides is 1. The summed E-state index contributed by atoms with van der Waals surface area (Å²) in [7, 11) is -3.86. The second-order valence-electron chi connectivity index (χ2n) is 7.44. The van der Waals surface area contributed by atoms with Crippen molar-refractivity contribution in [2.24, 2.45) is 5.10 Å². The summed E-state index contributed by atoms with van der Waals surface area (Å²) in [6.45, 7) is 1.59. The first kappa shape index (κ1) is 23.4. The molecular formula is C25H27N3O3S. The van der Waals surface area contributed by atoms with Crippen molar-refractivity contribution in [1.29, 1.82) is 0 Å². The van der Waals surface area contributed by atoms with E-state index in [0.717, 1.165) is 17.7 Å². The minimum Gasteiger partial charge on any atom is -0.272 e. The Morgan fingerprint density at radius 3 is 1.97 bits per heavy atom. The number of nitrogens with zero attached hydrogens (tertiary/aromatic N) is 2. The van der Waals surface area contributed by atoms with Crippen molar-refractivity contribution in [1.82, 2.24) is 9.73 Å². The van der Waals surface area contributed by atoms with Gasteiger partial charge in [-0.3, -0.25) is 4.79 Å². The SMILES string of the molecule is C/C(CCc1ccccc1)=N/NC(=O)CN(Cc1ccccc1)S(=O)(=O)c1ccccc1. The number of amides is 1. The number of hydrogen-bond acceptors (Lipinski definition) is 4. The lowest BCUT2D eigenvalue weighted by Crippen LogP contribution is -2.39. The van der Waals surface area contributed by atoms with Gasteiger partial charge in [-0.05, 0) is 43.0 Å². The van der Waals surface area contributed by atoms with Crippen LogP contribution < -0.4 is 5.43 Å². The van der Waals surface area contributed by atoms with Crippen LogP contribution in [0.15, 0.2) is 101 Å². The lowest BCUT2D eigenvalue weighted by Gasteiger charge is -2.21. The molecule has 0 saturated carbocycles. The quantitative estimate of drug-likeness (QED) is 0.375. The molecule has 0 aromatic heterocycles. The first-order chi connectivity index (χ1) is 15.4. The first-order valence-corrected chi connectivity index (χ1v) is 11.8. The maximum absolute atomic E-state index is 13.2. The van der Waals surface area contributed by atoms with Gasteiger partial charge in [0.2, 0.25) is 10.0 Å². The third-order valence-corrected chi connectivity index (χ3v) is 6.70. The molecule has 1 amide bonds. The van der Waals surface area contributed by atoms with Crippen LogP contribution in [0, 0.1) is 0 Å². The highest BCUT2D eigenvalue weighted by Crippen LogP contribution is 2.18. The van der Waals surface area contributed by atoms with Gasteiger partial charge in [-0.15, -0.1) is 0 Å². The summed E-state index contributed by atoms with van der Waals surface area (Å²) in [6.07, 6.45) is 1.51. The van der Waals surface area contributed by atoms with E-state index in [2.05, 4.69) is 10.5 Å². The summed E-state index contributed by atoms with van der Waals surface area (Å²) in [5, 5.41) is 4.15. The fourth-order valence-electron chi connectivity index (χ4n) is 3.13. The van der Waals surface area contributed by atoms with E-state index in [0.29, 0.717) is 6.42 Å². The van der Waals surface area contributed by atoms with Crippen LogP contribution in [0.25, 0.3) is 0 Å². The fourth-order valence-corrected chi connectivity index (χ4v) is 4.54. The largest absolute Gasteiger partial charge is 0.272 e. The van der Waals surface area contributed by atoms with Crippen LogP contribution in [0.3, 0.4) is 0 Å². The molecule has 0 radical (unpaired) electrons. The number of rotatable bonds is 10. The van der Waals surface area contributed by atoms with Crippen LogP contribution in [-0.2, 0) is 27.8 Å². The van der Waals surface area contributed by atoms with Gasteiger partial charge in [0.1, 0.15) is 0 Å². The van der Waals surface area contributed by atoms with Gasteiger partial charge < -0.3 is 0 Å². The van der Waals surface area contributed by atoms with Gasteiger partial charge in [-0.25, -0.2) is 13.8 Å². The maximum Gasteiger partial charge on any atom is 0.255 e. The zero-order valence-electron chi connectivity index (χ0n) is 18.0. The number of carbonyl (C=O) groups is 1. The van der Waals surface area contributed by atoms with E-state index in [1.807, 2.05) is 67.6 Å². The number of aryl methyl sites for hydroxylation is 1. The number of hydrazone groups is 1. The van der Waals surface area contributed by atoms with Crippen LogP contribution in [0.4, 0.5) is 0 Å². The van der Waals surface area contributed by atoms with Crippen molar-refractivity contribution in [2.75, 3.05) is 6.54 Å². The maximum atomic E-state index is 13.2. The number of benzene rings is 3. The Morgan fingerprint density at radius 2 is 1.38 bits per heavy atom. The van der Waals surface area contributed by atoms with Crippen molar-refractivity contribution < 1.29 is 13.2 Å². The molecule has 3 aromatic rings. The van der Waals surface area contributed by atoms with Gasteiger partial charge in [0.25, 0.3) is 5.91 Å². The lowest BCUT2D eigenvalue weighted by atomic mass is 10.1. The first-order valence-electron chi connectivity index (χ1n) is 10.4. The highest BCUT2D eigenvalue weighted by atomic mass is 32.2. The molecule has 166 valence electrons. The number of carbonyl (C=O) groups excluding carboxylic acids is 1. The normalized spacial score (nSPS) is 12.0. The minimum absolute atomic E-state index is 0.0855. The molecule has 6 nitrogen and oxygen atoms in total. The van der Waals surface area contributed by atoms with Crippen LogP contribution in [0.2, 0.25) is 0 Å². The van der Waals surface area contributed by atoms with Gasteiger partial charge in [0, 0.05) is 12.3 Å². The predicted octanol–water partition coefficient (Wildman–Crippen LogP) is 4.00. The van der Waals surface area contributed by atoms with Gasteiger partial charge in [-0.1, -0.05) is 78.9 Å². The van der Waals surface area contributed by atoms with E-state index >= 15 is 0 Å². The minimum atomic E-state index is -3.86. The Bertz CT molecular complexity index is 1130. The molecule has 3 rings (SSSR count). The van der Waals surface area contributed by atoms with Gasteiger partial charge in [0.15, 0.2) is 0 Å². The zero-order chi connectivity index (χ0) is 22.8. The molecule has 0 aliphatic carbocycles. The Labute approximate surface area is 189 Å². The van der Waals surface area contributed by atoms with Crippen molar-refractivity contribution in [3.05, 3.63) is 102 Å². The molecule has 3 aromatic carbocycles. The molecule has 0 fully saturated rings. The molecule has 0 bridgehead atoms. The molecule has 0 atom stereocenters. The van der Waals surface area contributed by atoms with Crippen LogP contribution in [0.1, 0.15) is 24.5 Å². The number of hydrogen-bond donors (Lipinski definition) is 1. The Hall–Kier alpha value is -3.29. The molecule has 1 N–H and O–H groups in total. The second kappa shape index (κ2) is 11.4.